The van der Waals surface area contributed by atoms with E-state index < -0.39 is 0 Å². The van der Waals surface area contributed by atoms with E-state index in [2.05, 4.69) is 20.6 Å². The number of likely N-dealkylation sites (tertiary alicyclic amines) is 1. The molecule has 0 bridgehead atoms. The number of hydrogen-bond acceptors (Lipinski definition) is 6. The van der Waals surface area contributed by atoms with Crippen LogP contribution in [0, 0.1) is 0 Å². The van der Waals surface area contributed by atoms with Gasteiger partial charge in [-0.05, 0) is 18.9 Å². The Bertz CT molecular complexity index is 1170. The first-order chi connectivity index (χ1) is 16.1. The Morgan fingerprint density at radius 1 is 1.21 bits per heavy atom. The highest BCUT2D eigenvalue weighted by Gasteiger charge is 2.26. The van der Waals surface area contributed by atoms with Gasteiger partial charge in [-0.2, -0.15) is 0 Å². The van der Waals surface area contributed by atoms with Gasteiger partial charge in [-0.15, -0.1) is 0 Å². The minimum absolute atomic E-state index is 0.0214. The second-order valence-electron chi connectivity index (χ2n) is 8.50. The fourth-order valence-corrected chi connectivity index (χ4v) is 4.66. The molecule has 2 saturated heterocycles. The van der Waals surface area contributed by atoms with Crippen LogP contribution in [0.5, 0.6) is 0 Å². The third-order valence-corrected chi connectivity index (χ3v) is 6.52. The van der Waals surface area contributed by atoms with Gasteiger partial charge in [0.1, 0.15) is 0 Å². The Balaban J connectivity index is 1.20. The number of hydrogen-bond donors (Lipinski definition) is 3. The molecule has 2 aromatic heterocycles. The Kier molecular flexibility index (Phi) is 6.15. The summed E-state index contributed by atoms with van der Waals surface area (Å²) in [6, 6.07) is 8.20. The predicted molar refractivity (Wildman–Crippen MR) is 127 cm³/mol. The summed E-state index contributed by atoms with van der Waals surface area (Å²) in [7, 11) is 0. The lowest BCUT2D eigenvalue weighted by molar-refractivity contribution is -0.134. The van der Waals surface area contributed by atoms with Crippen molar-refractivity contribution >= 4 is 40.3 Å². The second kappa shape index (κ2) is 9.36. The monoisotopic (exact) mass is 467 g/mol. The molecule has 0 saturated carbocycles. The first kappa shape index (κ1) is 21.7. The zero-order valence-corrected chi connectivity index (χ0v) is 18.9. The molecule has 2 fully saturated rings. The minimum Gasteiger partial charge on any atom is -0.360 e. The van der Waals surface area contributed by atoms with Gasteiger partial charge in [0.2, 0.25) is 17.8 Å². The number of piperazine rings is 1. The maximum atomic E-state index is 12.6. The summed E-state index contributed by atoms with van der Waals surface area (Å²) < 4.78 is 0. The van der Waals surface area contributed by atoms with E-state index >= 15 is 0 Å². The Labute approximate surface area is 196 Å². The van der Waals surface area contributed by atoms with Crippen LogP contribution in [0.3, 0.4) is 0 Å². The van der Waals surface area contributed by atoms with E-state index in [1.54, 1.807) is 6.20 Å². The minimum atomic E-state index is -0.0214. The normalized spacial score (nSPS) is 17.8. The molecule has 0 atom stereocenters. The molecule has 2 aliphatic heterocycles. The van der Waals surface area contributed by atoms with Crippen molar-refractivity contribution < 1.29 is 9.59 Å². The summed E-state index contributed by atoms with van der Waals surface area (Å²) in [6.45, 7) is 3.22. The maximum absolute atomic E-state index is 12.6. The van der Waals surface area contributed by atoms with Crippen LogP contribution in [0.15, 0.2) is 36.7 Å². The number of nitrogens with zero attached hydrogens (tertiary/aromatic N) is 4. The zero-order chi connectivity index (χ0) is 22.8. The van der Waals surface area contributed by atoms with Gasteiger partial charge in [-0.3, -0.25) is 14.5 Å². The zero-order valence-electron chi connectivity index (χ0n) is 18.2. The van der Waals surface area contributed by atoms with Crippen LogP contribution in [-0.4, -0.2) is 81.9 Å². The molecule has 172 valence electrons. The second-order valence-corrected chi connectivity index (χ2v) is 8.91. The van der Waals surface area contributed by atoms with Crippen molar-refractivity contribution in [1.29, 1.82) is 0 Å². The molecule has 0 aliphatic carbocycles. The number of halogens is 1. The standard InChI is InChI=1S/C23H26ClN7O2/c24-18-12-27-23(29-22(18)17-11-26-19-4-2-1-3-16(17)19)28-15-5-8-31(9-6-15)21(33)14-30-10-7-25-20(32)13-30/h1-4,11-12,15,26H,5-10,13-14H2,(H,25,32)(H,27,28,29). The van der Waals surface area contributed by atoms with Crippen LogP contribution in [-0.2, 0) is 9.59 Å². The summed E-state index contributed by atoms with van der Waals surface area (Å²) in [5, 5.41) is 7.75. The summed E-state index contributed by atoms with van der Waals surface area (Å²) >= 11 is 6.43. The van der Waals surface area contributed by atoms with Gasteiger partial charge in [0.25, 0.3) is 0 Å². The van der Waals surface area contributed by atoms with Gasteiger partial charge < -0.3 is 20.5 Å². The van der Waals surface area contributed by atoms with Crippen LogP contribution in [0.1, 0.15) is 12.8 Å². The molecule has 0 radical (unpaired) electrons. The van der Waals surface area contributed by atoms with Crippen molar-refractivity contribution in [3.63, 3.8) is 0 Å². The molecule has 5 rings (SSSR count). The van der Waals surface area contributed by atoms with Gasteiger partial charge in [0.05, 0.1) is 30.0 Å². The average molecular weight is 468 g/mol. The van der Waals surface area contributed by atoms with Crippen LogP contribution < -0.4 is 10.6 Å². The van der Waals surface area contributed by atoms with Crippen molar-refractivity contribution in [2.24, 2.45) is 0 Å². The van der Waals surface area contributed by atoms with Gasteiger partial charge in [0, 0.05) is 54.9 Å². The number of carbonyl (C=O) groups excluding carboxylic acids is 2. The molecule has 3 N–H and O–H groups in total. The number of aromatic nitrogens is 3. The van der Waals surface area contributed by atoms with Crippen molar-refractivity contribution in [3.8, 4) is 11.3 Å². The Hall–Kier alpha value is -3.17. The molecule has 0 spiro atoms. The molecular weight excluding hydrogens is 442 g/mol. The van der Waals surface area contributed by atoms with Gasteiger partial charge in [-0.25, -0.2) is 9.97 Å². The smallest absolute Gasteiger partial charge is 0.236 e. The van der Waals surface area contributed by atoms with E-state index in [1.165, 1.54) is 0 Å². The van der Waals surface area contributed by atoms with Crippen LogP contribution in [0.2, 0.25) is 5.02 Å². The number of fused-ring (bicyclic) bond motifs is 1. The summed E-state index contributed by atoms with van der Waals surface area (Å²) in [5.41, 5.74) is 2.65. The number of aromatic amines is 1. The largest absolute Gasteiger partial charge is 0.360 e. The van der Waals surface area contributed by atoms with E-state index in [0.717, 1.165) is 29.3 Å². The molecular formula is C23H26ClN7O2. The number of amides is 2. The SMILES string of the molecule is O=C1CN(CC(=O)N2CCC(Nc3ncc(Cl)c(-c4c[nH]c5ccccc45)n3)CC2)CCN1. The van der Waals surface area contributed by atoms with E-state index in [9.17, 15) is 9.59 Å². The lowest BCUT2D eigenvalue weighted by atomic mass is 10.1. The highest BCUT2D eigenvalue weighted by atomic mass is 35.5. The van der Waals surface area contributed by atoms with Crippen molar-refractivity contribution in [3.05, 3.63) is 41.7 Å². The molecule has 0 unspecified atom stereocenters. The van der Waals surface area contributed by atoms with E-state index in [1.807, 2.05) is 40.3 Å². The number of piperidine rings is 1. The number of benzene rings is 1. The van der Waals surface area contributed by atoms with E-state index in [4.69, 9.17) is 16.6 Å². The summed E-state index contributed by atoms with van der Waals surface area (Å²) in [5.74, 6) is 0.586. The third-order valence-electron chi connectivity index (χ3n) is 6.25. The average Bonchev–Trinajstić information content (AvgIpc) is 3.25. The number of carbonyl (C=O) groups is 2. The van der Waals surface area contributed by atoms with Crippen molar-refractivity contribution in [2.75, 3.05) is 44.6 Å². The highest BCUT2D eigenvalue weighted by Crippen LogP contribution is 2.32. The maximum Gasteiger partial charge on any atom is 0.236 e. The van der Waals surface area contributed by atoms with Gasteiger partial charge in [0.15, 0.2) is 0 Å². The summed E-state index contributed by atoms with van der Waals surface area (Å²) in [4.78, 5) is 40.3. The highest BCUT2D eigenvalue weighted by molar-refractivity contribution is 6.33. The Morgan fingerprint density at radius 2 is 2.03 bits per heavy atom. The molecule has 9 nitrogen and oxygen atoms in total. The number of nitrogens with one attached hydrogen (secondary N) is 3. The number of para-hydroxylation sites is 1. The number of anilines is 1. The molecule has 2 amide bonds. The lowest BCUT2D eigenvalue weighted by Gasteiger charge is -2.34. The van der Waals surface area contributed by atoms with E-state index in [-0.39, 0.29) is 24.4 Å². The number of rotatable bonds is 5. The molecule has 10 heteroatoms. The summed E-state index contributed by atoms with van der Waals surface area (Å²) in [6.07, 6.45) is 5.15. The van der Waals surface area contributed by atoms with Crippen LogP contribution in [0.25, 0.3) is 22.2 Å². The molecule has 2 aliphatic rings. The Morgan fingerprint density at radius 3 is 2.85 bits per heavy atom. The quantitative estimate of drug-likeness (QED) is 0.530. The molecule has 3 aromatic rings. The first-order valence-electron chi connectivity index (χ1n) is 11.2. The van der Waals surface area contributed by atoms with Gasteiger partial charge >= 0.3 is 0 Å². The van der Waals surface area contributed by atoms with Crippen molar-refractivity contribution in [2.45, 2.75) is 18.9 Å². The molecule has 33 heavy (non-hydrogen) atoms. The lowest BCUT2D eigenvalue weighted by Crippen LogP contribution is -2.52. The fourth-order valence-electron chi connectivity index (χ4n) is 4.47. The molecule has 1 aromatic carbocycles. The molecule has 4 heterocycles. The van der Waals surface area contributed by atoms with Crippen molar-refractivity contribution in [1.82, 2.24) is 30.1 Å². The predicted octanol–water partition coefficient (Wildman–Crippen LogP) is 2.11. The third kappa shape index (κ3) is 4.79. The van der Waals surface area contributed by atoms with Crippen LogP contribution >= 0.6 is 11.6 Å². The first-order valence-corrected chi connectivity index (χ1v) is 11.6. The van der Waals surface area contributed by atoms with Crippen LogP contribution in [0.4, 0.5) is 5.95 Å². The topological polar surface area (TPSA) is 106 Å². The fraction of sp³-hybridized carbons (Fsp3) is 0.391. The van der Waals surface area contributed by atoms with E-state index in [0.29, 0.717) is 49.4 Å². The number of H-pyrrole nitrogens is 1. The van der Waals surface area contributed by atoms with Gasteiger partial charge in [-0.1, -0.05) is 29.8 Å².